The molecular weight excluding hydrogens is 514 g/mol. The summed E-state index contributed by atoms with van der Waals surface area (Å²) < 4.78 is 5.51. The van der Waals surface area contributed by atoms with Gasteiger partial charge in [0.15, 0.2) is 0 Å². The second kappa shape index (κ2) is 11.3. The largest absolute Gasteiger partial charge is 0.444 e. The van der Waals surface area contributed by atoms with Crippen molar-refractivity contribution < 1.29 is 14.3 Å². The van der Waals surface area contributed by atoms with Gasteiger partial charge in [0.05, 0.1) is 11.7 Å². The lowest BCUT2D eigenvalue weighted by Crippen LogP contribution is -2.50. The Morgan fingerprint density at radius 3 is 2.44 bits per heavy atom. The van der Waals surface area contributed by atoms with Gasteiger partial charge < -0.3 is 19.4 Å². The Morgan fingerprint density at radius 2 is 1.74 bits per heavy atom. The number of benzene rings is 1. The van der Waals surface area contributed by atoms with Crippen LogP contribution in [0.5, 0.6) is 0 Å². The number of nitrogens with zero attached hydrogens (tertiary/aromatic N) is 5. The van der Waals surface area contributed by atoms with Gasteiger partial charge in [-0.1, -0.05) is 23.7 Å². The maximum atomic E-state index is 13.3. The number of piperazine rings is 1. The number of pyridine rings is 1. The van der Waals surface area contributed by atoms with Crippen LogP contribution in [0.4, 0.5) is 10.5 Å². The molecule has 0 saturated carbocycles. The molecule has 0 bridgehead atoms. The molecule has 1 atom stereocenters. The average Bonchev–Trinajstić information content (AvgIpc) is 3.02. The van der Waals surface area contributed by atoms with E-state index < -0.39 is 5.60 Å². The van der Waals surface area contributed by atoms with Crippen LogP contribution in [0.3, 0.4) is 0 Å². The zero-order valence-corrected chi connectivity index (χ0v) is 24.3. The summed E-state index contributed by atoms with van der Waals surface area (Å²) in [5.74, 6) is 0.524. The van der Waals surface area contributed by atoms with E-state index in [1.807, 2.05) is 50.1 Å². The molecule has 8 nitrogen and oxygen atoms in total. The molecule has 9 heteroatoms. The number of anilines is 1. The summed E-state index contributed by atoms with van der Waals surface area (Å²) in [5, 5.41) is 0.727. The van der Waals surface area contributed by atoms with Crippen LogP contribution in [0.2, 0.25) is 5.02 Å². The van der Waals surface area contributed by atoms with Crippen LogP contribution in [0.25, 0.3) is 0 Å². The summed E-state index contributed by atoms with van der Waals surface area (Å²) >= 11 is 6.40. The Labute approximate surface area is 236 Å². The maximum absolute atomic E-state index is 13.3. The minimum absolute atomic E-state index is 0.0212. The average molecular weight is 554 g/mol. The van der Waals surface area contributed by atoms with Crippen molar-refractivity contribution >= 4 is 29.3 Å². The van der Waals surface area contributed by atoms with Gasteiger partial charge in [0, 0.05) is 76.2 Å². The van der Waals surface area contributed by atoms with E-state index in [-0.39, 0.29) is 18.0 Å². The number of carbonyl (C=O) groups is 2. The van der Waals surface area contributed by atoms with Crippen LogP contribution >= 0.6 is 11.6 Å². The van der Waals surface area contributed by atoms with Gasteiger partial charge >= 0.3 is 6.09 Å². The highest BCUT2D eigenvalue weighted by Crippen LogP contribution is 2.40. The number of hydrogen-bond donors (Lipinski definition) is 0. The van der Waals surface area contributed by atoms with Crippen molar-refractivity contribution in [3.8, 4) is 0 Å². The summed E-state index contributed by atoms with van der Waals surface area (Å²) in [6.45, 7) is 10.7. The normalized spacial score (nSPS) is 20.7. The molecule has 3 aliphatic rings. The van der Waals surface area contributed by atoms with Gasteiger partial charge in [-0.25, -0.2) is 4.79 Å². The number of piperidine rings is 1. The van der Waals surface area contributed by atoms with E-state index >= 15 is 0 Å². The zero-order chi connectivity index (χ0) is 27.7. The standard InChI is InChI=1S/C30H40ClN5O3/c1-30(2,3)39-29(38)36-12-9-21(10-13-36)18-26(37)34-14-16-35(17-15-34)28-24-8-7-23(31)19-25(24)33(4)20-22-6-5-11-32-27(22)28/h5-8,11,19,21,28H,9-10,12-18,20H2,1-4H3. The first-order valence-electron chi connectivity index (χ1n) is 14.0. The number of halogens is 1. The fourth-order valence-corrected chi connectivity index (χ4v) is 6.19. The first-order valence-corrected chi connectivity index (χ1v) is 14.4. The molecule has 2 saturated heterocycles. The zero-order valence-electron chi connectivity index (χ0n) is 23.5. The molecular formula is C30H40ClN5O3. The summed E-state index contributed by atoms with van der Waals surface area (Å²) in [5.41, 5.74) is 4.14. The number of fused-ring (bicyclic) bond motifs is 2. The SMILES string of the molecule is CN1Cc2cccnc2C(N2CCN(C(=O)CC3CCN(C(=O)OC(C)(C)C)CC3)CC2)c2ccc(Cl)cc21. The number of amides is 2. The molecule has 0 aliphatic carbocycles. The van der Waals surface area contributed by atoms with Crippen molar-refractivity contribution in [3.63, 3.8) is 0 Å². The molecule has 0 N–H and O–H groups in total. The van der Waals surface area contributed by atoms with E-state index in [9.17, 15) is 9.59 Å². The monoisotopic (exact) mass is 553 g/mol. The number of carbonyl (C=O) groups excluding carboxylic acids is 2. The number of rotatable bonds is 3. The fourth-order valence-electron chi connectivity index (χ4n) is 6.02. The van der Waals surface area contributed by atoms with Crippen molar-refractivity contribution in [2.24, 2.45) is 5.92 Å². The highest BCUT2D eigenvalue weighted by atomic mass is 35.5. The Bertz CT molecular complexity index is 1200. The molecule has 0 radical (unpaired) electrons. The predicted molar refractivity (Wildman–Crippen MR) is 153 cm³/mol. The Balaban J connectivity index is 1.20. The third-order valence-electron chi connectivity index (χ3n) is 8.05. The number of likely N-dealkylation sites (tertiary alicyclic amines) is 1. The summed E-state index contributed by atoms with van der Waals surface area (Å²) in [6, 6.07) is 10.3. The predicted octanol–water partition coefficient (Wildman–Crippen LogP) is 4.96. The van der Waals surface area contributed by atoms with E-state index in [1.54, 1.807) is 4.90 Å². The lowest BCUT2D eigenvalue weighted by Gasteiger charge is -2.40. The van der Waals surface area contributed by atoms with Crippen molar-refractivity contribution in [1.29, 1.82) is 0 Å². The van der Waals surface area contributed by atoms with E-state index in [4.69, 9.17) is 21.3 Å². The maximum Gasteiger partial charge on any atom is 0.410 e. The summed E-state index contributed by atoms with van der Waals surface area (Å²) in [6.07, 6.45) is 3.83. The molecule has 5 rings (SSSR count). The van der Waals surface area contributed by atoms with Crippen molar-refractivity contribution in [2.45, 2.75) is 58.2 Å². The van der Waals surface area contributed by atoms with Gasteiger partial charge in [-0.2, -0.15) is 0 Å². The van der Waals surface area contributed by atoms with Crippen LogP contribution in [-0.4, -0.2) is 83.6 Å². The molecule has 2 aromatic rings. The lowest BCUT2D eigenvalue weighted by molar-refractivity contribution is -0.134. The van der Waals surface area contributed by atoms with Crippen molar-refractivity contribution in [3.05, 3.63) is 58.4 Å². The molecule has 3 aliphatic heterocycles. The second-order valence-corrected chi connectivity index (χ2v) is 12.5. The molecule has 1 unspecified atom stereocenters. The third kappa shape index (κ3) is 6.33. The molecule has 2 fully saturated rings. The van der Waals surface area contributed by atoms with Gasteiger partial charge in [-0.15, -0.1) is 0 Å². The minimum atomic E-state index is -0.494. The van der Waals surface area contributed by atoms with Gasteiger partial charge in [-0.05, 0) is 68.9 Å². The first-order chi connectivity index (χ1) is 18.6. The van der Waals surface area contributed by atoms with E-state index in [1.165, 1.54) is 11.1 Å². The summed E-state index contributed by atoms with van der Waals surface area (Å²) in [7, 11) is 2.10. The van der Waals surface area contributed by atoms with E-state index in [0.29, 0.717) is 38.5 Å². The summed E-state index contributed by atoms with van der Waals surface area (Å²) in [4.78, 5) is 39.0. The topological polar surface area (TPSA) is 69.2 Å². The molecule has 39 heavy (non-hydrogen) atoms. The third-order valence-corrected chi connectivity index (χ3v) is 8.29. The smallest absolute Gasteiger partial charge is 0.410 e. The van der Waals surface area contributed by atoms with Gasteiger partial charge in [0.25, 0.3) is 0 Å². The lowest BCUT2D eigenvalue weighted by atomic mass is 9.93. The Morgan fingerprint density at radius 1 is 1.03 bits per heavy atom. The van der Waals surface area contributed by atoms with Crippen molar-refractivity contribution in [1.82, 2.24) is 19.7 Å². The fraction of sp³-hybridized carbons (Fsp3) is 0.567. The highest BCUT2D eigenvalue weighted by molar-refractivity contribution is 6.30. The van der Waals surface area contributed by atoms with E-state index in [0.717, 1.165) is 48.9 Å². The van der Waals surface area contributed by atoms with Gasteiger partial charge in [-0.3, -0.25) is 14.7 Å². The quantitative estimate of drug-likeness (QED) is 0.535. The van der Waals surface area contributed by atoms with Crippen molar-refractivity contribution in [2.75, 3.05) is 51.2 Å². The van der Waals surface area contributed by atoms with Crippen LogP contribution < -0.4 is 4.90 Å². The van der Waals surface area contributed by atoms with Crippen LogP contribution in [-0.2, 0) is 16.1 Å². The molecule has 0 spiro atoms. The van der Waals surface area contributed by atoms with Crippen LogP contribution in [0, 0.1) is 5.92 Å². The first kappa shape index (κ1) is 27.7. The Kier molecular flexibility index (Phi) is 8.06. The molecule has 1 aromatic heterocycles. The van der Waals surface area contributed by atoms with Gasteiger partial charge in [0.1, 0.15) is 5.60 Å². The molecule has 2 amide bonds. The second-order valence-electron chi connectivity index (χ2n) is 12.0. The van der Waals surface area contributed by atoms with Crippen LogP contribution in [0.1, 0.15) is 62.9 Å². The minimum Gasteiger partial charge on any atom is -0.444 e. The number of hydrogen-bond acceptors (Lipinski definition) is 6. The molecule has 4 heterocycles. The van der Waals surface area contributed by atoms with Crippen LogP contribution in [0.15, 0.2) is 36.5 Å². The van der Waals surface area contributed by atoms with E-state index in [2.05, 4.69) is 29.0 Å². The highest BCUT2D eigenvalue weighted by Gasteiger charge is 2.35. The van der Waals surface area contributed by atoms with Gasteiger partial charge in [0.2, 0.25) is 5.91 Å². The molecule has 1 aromatic carbocycles. The number of ether oxygens (including phenoxy) is 1. The molecule has 210 valence electrons. The number of aromatic nitrogens is 1. The Hall–Kier alpha value is -2.84.